The Kier molecular flexibility index (Phi) is 6.60. The summed E-state index contributed by atoms with van der Waals surface area (Å²) < 4.78 is 37.8. The predicted molar refractivity (Wildman–Crippen MR) is 115 cm³/mol. The molecule has 0 saturated heterocycles. The fraction of sp³-hybridized carbons (Fsp3) is 0.526. The first kappa shape index (κ1) is 22.4. The molecular weight excluding hydrogens is 400 g/mol. The van der Waals surface area contributed by atoms with E-state index in [1.54, 1.807) is 30.8 Å². The number of anilines is 1. The van der Waals surface area contributed by atoms with Crippen LogP contribution < -0.4 is 19.1 Å². The van der Waals surface area contributed by atoms with Gasteiger partial charge in [0.1, 0.15) is 0 Å². The third kappa shape index (κ3) is 4.41. The Bertz CT molecular complexity index is 902. The lowest BCUT2D eigenvalue weighted by Crippen LogP contribution is -2.39. The van der Waals surface area contributed by atoms with Crippen LogP contribution in [-0.4, -0.2) is 52.6 Å². The van der Waals surface area contributed by atoms with Crippen LogP contribution in [0.3, 0.4) is 0 Å². The molecule has 0 bridgehead atoms. The highest BCUT2D eigenvalue weighted by Gasteiger charge is 2.38. The van der Waals surface area contributed by atoms with Crippen molar-refractivity contribution >= 4 is 39.0 Å². The lowest BCUT2D eigenvalue weighted by Gasteiger charge is -2.30. The molecule has 1 N–H and O–H groups in total. The zero-order chi connectivity index (χ0) is 21.3. The Morgan fingerprint density at radius 2 is 1.75 bits per heavy atom. The van der Waals surface area contributed by atoms with Crippen molar-refractivity contribution in [3.05, 3.63) is 22.6 Å². The molecule has 0 atom stereocenters. The number of nitrogens with zero attached hydrogens (tertiary/aromatic N) is 1. The maximum Gasteiger partial charge on any atom is 0.269 e. The monoisotopic (exact) mass is 428 g/mol. The zero-order valence-electron chi connectivity index (χ0n) is 17.4. The largest absolute Gasteiger partial charge is 0.493 e. The molecule has 1 aliphatic heterocycles. The van der Waals surface area contributed by atoms with Crippen molar-refractivity contribution in [2.24, 2.45) is 0 Å². The highest BCUT2D eigenvalue weighted by Crippen LogP contribution is 2.44. The van der Waals surface area contributed by atoms with Crippen molar-refractivity contribution < 1.29 is 22.7 Å². The van der Waals surface area contributed by atoms with E-state index >= 15 is 0 Å². The molecule has 1 aromatic carbocycles. The number of fused-ring (bicyclic) bond motifs is 1. The van der Waals surface area contributed by atoms with E-state index < -0.39 is 15.9 Å². The number of rotatable bonds is 6. The van der Waals surface area contributed by atoms with Crippen LogP contribution in [0.2, 0.25) is 0 Å². The SMILES string of the molecule is COc1cc2c(cc1OC)N(C)S(=O)(=O)C(C(=O)NCCSC(C)(C)C)=C2C. The Balaban J connectivity index is 2.42. The fourth-order valence-electron chi connectivity index (χ4n) is 2.90. The summed E-state index contributed by atoms with van der Waals surface area (Å²) in [5.74, 6) is 0.983. The van der Waals surface area contributed by atoms with E-state index in [-0.39, 0.29) is 9.65 Å². The fourth-order valence-corrected chi connectivity index (χ4v) is 5.20. The number of ether oxygens (including phenoxy) is 2. The van der Waals surface area contributed by atoms with Gasteiger partial charge >= 0.3 is 0 Å². The van der Waals surface area contributed by atoms with Crippen LogP contribution in [0.15, 0.2) is 17.0 Å². The standard InChI is InChI=1S/C19H28N2O5S2/c1-12-13-10-15(25-6)16(26-7)11-14(13)21(5)28(23,24)17(12)18(22)20-8-9-27-19(2,3)4/h10-11H,8-9H2,1-7H3,(H,20,22). The molecule has 0 saturated carbocycles. The Hall–Kier alpha value is -1.87. The lowest BCUT2D eigenvalue weighted by molar-refractivity contribution is -0.116. The van der Waals surface area contributed by atoms with Gasteiger partial charge in [0, 0.05) is 35.7 Å². The molecular formula is C19H28N2O5S2. The van der Waals surface area contributed by atoms with Gasteiger partial charge in [0.25, 0.3) is 15.9 Å². The summed E-state index contributed by atoms with van der Waals surface area (Å²) in [6.45, 7) is 8.28. The van der Waals surface area contributed by atoms with Gasteiger partial charge in [0.2, 0.25) is 0 Å². The molecule has 0 fully saturated rings. The van der Waals surface area contributed by atoms with E-state index in [2.05, 4.69) is 26.1 Å². The molecule has 28 heavy (non-hydrogen) atoms. The Morgan fingerprint density at radius 1 is 1.18 bits per heavy atom. The maximum atomic E-state index is 13.0. The zero-order valence-corrected chi connectivity index (χ0v) is 19.0. The third-order valence-corrected chi connectivity index (χ3v) is 7.53. The number of benzene rings is 1. The van der Waals surface area contributed by atoms with Gasteiger partial charge < -0.3 is 14.8 Å². The molecule has 1 aliphatic rings. The van der Waals surface area contributed by atoms with Gasteiger partial charge in [0.15, 0.2) is 16.4 Å². The van der Waals surface area contributed by atoms with Crippen molar-refractivity contribution in [2.75, 3.05) is 37.9 Å². The maximum absolute atomic E-state index is 13.0. The van der Waals surface area contributed by atoms with Gasteiger partial charge in [-0.25, -0.2) is 8.42 Å². The molecule has 0 spiro atoms. The summed E-state index contributed by atoms with van der Waals surface area (Å²) in [7, 11) is 0.441. The number of methoxy groups -OCH3 is 2. The van der Waals surface area contributed by atoms with Crippen molar-refractivity contribution in [1.29, 1.82) is 0 Å². The number of hydrogen-bond donors (Lipinski definition) is 1. The van der Waals surface area contributed by atoms with Crippen LogP contribution in [-0.2, 0) is 14.8 Å². The van der Waals surface area contributed by atoms with Crippen molar-refractivity contribution in [1.82, 2.24) is 5.32 Å². The van der Waals surface area contributed by atoms with E-state index in [0.717, 1.165) is 4.31 Å². The van der Waals surface area contributed by atoms with Crippen LogP contribution in [0.1, 0.15) is 33.3 Å². The minimum Gasteiger partial charge on any atom is -0.493 e. The van der Waals surface area contributed by atoms with E-state index in [1.807, 2.05) is 0 Å². The number of allylic oxidation sites excluding steroid dienone is 1. The van der Waals surface area contributed by atoms with E-state index in [1.165, 1.54) is 21.3 Å². The molecule has 0 aromatic heterocycles. The summed E-state index contributed by atoms with van der Waals surface area (Å²) >= 11 is 1.70. The van der Waals surface area contributed by atoms with Crippen LogP contribution >= 0.6 is 11.8 Å². The summed E-state index contributed by atoms with van der Waals surface area (Å²) in [4.78, 5) is 12.5. The summed E-state index contributed by atoms with van der Waals surface area (Å²) in [5.41, 5.74) is 1.44. The second kappa shape index (κ2) is 8.24. The van der Waals surface area contributed by atoms with E-state index in [9.17, 15) is 13.2 Å². The molecule has 1 aromatic rings. The van der Waals surface area contributed by atoms with Gasteiger partial charge in [-0.15, -0.1) is 0 Å². The first-order valence-electron chi connectivity index (χ1n) is 8.82. The van der Waals surface area contributed by atoms with Gasteiger partial charge in [-0.05, 0) is 18.6 Å². The van der Waals surface area contributed by atoms with Crippen molar-refractivity contribution in [2.45, 2.75) is 32.4 Å². The van der Waals surface area contributed by atoms with Gasteiger partial charge in [-0.1, -0.05) is 20.8 Å². The van der Waals surface area contributed by atoms with E-state index in [4.69, 9.17) is 9.47 Å². The highest BCUT2D eigenvalue weighted by molar-refractivity contribution is 8.00. The number of sulfonamides is 1. The summed E-state index contributed by atoms with van der Waals surface area (Å²) in [5, 5.41) is 2.73. The summed E-state index contributed by atoms with van der Waals surface area (Å²) in [6, 6.07) is 3.29. The molecule has 156 valence electrons. The van der Waals surface area contributed by atoms with Crippen LogP contribution in [0.4, 0.5) is 5.69 Å². The quantitative estimate of drug-likeness (QED) is 0.702. The Morgan fingerprint density at radius 3 is 2.29 bits per heavy atom. The average molecular weight is 429 g/mol. The molecule has 1 amide bonds. The van der Waals surface area contributed by atoms with Crippen molar-refractivity contribution in [3.8, 4) is 11.5 Å². The molecule has 0 unspecified atom stereocenters. The minimum atomic E-state index is -3.98. The molecule has 7 nitrogen and oxygen atoms in total. The van der Waals surface area contributed by atoms with Crippen LogP contribution in [0.5, 0.6) is 11.5 Å². The predicted octanol–water partition coefficient (Wildman–Crippen LogP) is 2.86. The average Bonchev–Trinajstić information content (AvgIpc) is 2.61. The molecule has 0 aliphatic carbocycles. The number of nitrogens with one attached hydrogen (secondary N) is 1. The van der Waals surface area contributed by atoms with Crippen molar-refractivity contribution in [3.63, 3.8) is 0 Å². The minimum absolute atomic E-state index is 0.0750. The number of hydrogen-bond acceptors (Lipinski definition) is 6. The molecule has 0 radical (unpaired) electrons. The third-order valence-electron chi connectivity index (χ3n) is 4.33. The molecule has 1 heterocycles. The number of carbonyl (C=O) groups excluding carboxylic acids is 1. The summed E-state index contributed by atoms with van der Waals surface area (Å²) in [6.07, 6.45) is 0. The number of amides is 1. The van der Waals surface area contributed by atoms with Crippen LogP contribution in [0, 0.1) is 0 Å². The van der Waals surface area contributed by atoms with Gasteiger partial charge in [-0.3, -0.25) is 9.10 Å². The second-order valence-corrected chi connectivity index (χ2v) is 11.2. The highest BCUT2D eigenvalue weighted by atomic mass is 32.2. The topological polar surface area (TPSA) is 84.9 Å². The van der Waals surface area contributed by atoms with Crippen LogP contribution in [0.25, 0.3) is 5.57 Å². The van der Waals surface area contributed by atoms with Gasteiger partial charge in [-0.2, -0.15) is 11.8 Å². The van der Waals surface area contributed by atoms with E-state index in [0.29, 0.717) is 40.6 Å². The lowest BCUT2D eigenvalue weighted by atomic mass is 10.0. The first-order valence-corrected chi connectivity index (χ1v) is 11.2. The Labute approximate surface area is 171 Å². The number of thioether (sulfide) groups is 1. The number of carbonyl (C=O) groups is 1. The molecule has 9 heteroatoms. The van der Waals surface area contributed by atoms with Gasteiger partial charge in [0.05, 0.1) is 19.9 Å². The smallest absolute Gasteiger partial charge is 0.269 e. The normalized spacial score (nSPS) is 15.9. The first-order chi connectivity index (χ1) is 12.9. The second-order valence-electron chi connectivity index (χ2n) is 7.37. The molecule has 2 rings (SSSR count).